The van der Waals surface area contributed by atoms with Gasteiger partial charge in [0, 0.05) is 56.6 Å². The molecule has 4 rings (SSSR count). The second kappa shape index (κ2) is 8.42. The molecule has 0 radical (unpaired) electrons. The van der Waals surface area contributed by atoms with Crippen molar-refractivity contribution in [2.24, 2.45) is 11.8 Å². The highest BCUT2D eigenvalue weighted by Crippen LogP contribution is 2.51. The van der Waals surface area contributed by atoms with Gasteiger partial charge < -0.3 is 19.6 Å². The molecular formula is C23H34N2O3. The number of fused-ring (bicyclic) bond motifs is 3. The van der Waals surface area contributed by atoms with Crippen LogP contribution in [0, 0.1) is 11.8 Å². The van der Waals surface area contributed by atoms with Gasteiger partial charge in [-0.3, -0.25) is 4.79 Å². The van der Waals surface area contributed by atoms with Crippen molar-refractivity contribution in [1.82, 2.24) is 4.90 Å². The molecule has 1 N–H and O–H groups in total. The summed E-state index contributed by atoms with van der Waals surface area (Å²) in [7, 11) is 2.21. The fraction of sp³-hybridized carbons (Fsp3) is 0.696. The third-order valence-corrected chi connectivity index (χ3v) is 7.38. The van der Waals surface area contributed by atoms with Gasteiger partial charge in [-0.05, 0) is 74.6 Å². The molecule has 1 aromatic carbocycles. The van der Waals surface area contributed by atoms with E-state index in [-0.39, 0.29) is 12.5 Å². The number of aliphatic hydroxyl groups excluding tert-OH is 1. The minimum absolute atomic E-state index is 0.00470. The van der Waals surface area contributed by atoms with Gasteiger partial charge >= 0.3 is 0 Å². The number of ether oxygens (including phenoxy) is 1. The second-order valence-electron chi connectivity index (χ2n) is 8.69. The number of anilines is 1. The van der Waals surface area contributed by atoms with E-state index in [1.807, 2.05) is 13.0 Å². The van der Waals surface area contributed by atoms with E-state index >= 15 is 0 Å². The zero-order valence-electron chi connectivity index (χ0n) is 17.3. The van der Waals surface area contributed by atoms with Crippen LogP contribution in [0.4, 0.5) is 5.69 Å². The molecule has 2 heterocycles. The van der Waals surface area contributed by atoms with Gasteiger partial charge in [0.05, 0.1) is 6.61 Å². The molecule has 0 bridgehead atoms. The second-order valence-corrected chi connectivity index (χ2v) is 8.69. The summed E-state index contributed by atoms with van der Waals surface area (Å²) in [6.07, 6.45) is 6.20. The van der Waals surface area contributed by atoms with Crippen LogP contribution in [-0.4, -0.2) is 61.9 Å². The third kappa shape index (κ3) is 3.55. The average molecular weight is 387 g/mol. The summed E-state index contributed by atoms with van der Waals surface area (Å²) in [5.74, 6) is 2.14. The standard InChI is InChI=1S/C23H34N2O3/c1-3-25(10-11-26)23(27)18-5-7-22-20(15-18)19-14-17(4-6-21(19)24(22)2)16-8-12-28-13-9-16/h5,7,15-17,19,21,26H,3-4,6,8-14H2,1-2H3. The molecule has 0 spiro atoms. The maximum Gasteiger partial charge on any atom is 0.253 e. The highest BCUT2D eigenvalue weighted by molar-refractivity contribution is 5.95. The van der Waals surface area contributed by atoms with Gasteiger partial charge in [0.1, 0.15) is 0 Å². The van der Waals surface area contributed by atoms with Crippen LogP contribution >= 0.6 is 0 Å². The highest BCUT2D eigenvalue weighted by Gasteiger charge is 2.43. The Morgan fingerprint density at radius 2 is 2.00 bits per heavy atom. The minimum Gasteiger partial charge on any atom is -0.395 e. The molecule has 2 fully saturated rings. The Morgan fingerprint density at radius 1 is 1.21 bits per heavy atom. The minimum atomic E-state index is 0.00470. The van der Waals surface area contributed by atoms with Crippen LogP contribution in [0.2, 0.25) is 0 Å². The van der Waals surface area contributed by atoms with Gasteiger partial charge in [-0.1, -0.05) is 0 Å². The molecule has 3 unspecified atom stereocenters. The predicted octanol–water partition coefficient (Wildman–Crippen LogP) is 3.27. The fourth-order valence-corrected chi connectivity index (χ4v) is 5.79. The van der Waals surface area contributed by atoms with Crippen molar-refractivity contribution < 1.29 is 14.6 Å². The van der Waals surface area contributed by atoms with E-state index in [1.54, 1.807) is 4.90 Å². The predicted molar refractivity (Wildman–Crippen MR) is 111 cm³/mol. The molecule has 1 aliphatic carbocycles. The topological polar surface area (TPSA) is 53.0 Å². The van der Waals surface area contributed by atoms with Crippen LogP contribution in [0.5, 0.6) is 0 Å². The van der Waals surface area contributed by atoms with E-state index in [9.17, 15) is 9.90 Å². The fourth-order valence-electron chi connectivity index (χ4n) is 5.79. The molecule has 1 aromatic rings. The maximum atomic E-state index is 12.9. The van der Waals surface area contributed by atoms with E-state index in [2.05, 4.69) is 24.1 Å². The number of benzene rings is 1. The molecule has 1 saturated heterocycles. The summed E-state index contributed by atoms with van der Waals surface area (Å²) in [4.78, 5) is 17.1. The van der Waals surface area contributed by atoms with E-state index in [0.717, 1.165) is 30.6 Å². The summed E-state index contributed by atoms with van der Waals surface area (Å²) >= 11 is 0. The van der Waals surface area contributed by atoms with Crippen LogP contribution in [0.15, 0.2) is 18.2 Å². The molecule has 5 heteroatoms. The van der Waals surface area contributed by atoms with Crippen molar-refractivity contribution in [2.45, 2.75) is 51.0 Å². The number of amides is 1. The van der Waals surface area contributed by atoms with Crippen molar-refractivity contribution in [1.29, 1.82) is 0 Å². The van der Waals surface area contributed by atoms with Crippen molar-refractivity contribution in [2.75, 3.05) is 44.9 Å². The summed E-state index contributed by atoms with van der Waals surface area (Å²) in [6.45, 7) is 4.82. The number of rotatable bonds is 5. The van der Waals surface area contributed by atoms with Crippen molar-refractivity contribution in [3.63, 3.8) is 0 Å². The van der Waals surface area contributed by atoms with Gasteiger partial charge in [-0.15, -0.1) is 0 Å². The number of aliphatic hydroxyl groups is 1. The molecule has 1 saturated carbocycles. The first-order valence-corrected chi connectivity index (χ1v) is 11.0. The highest BCUT2D eigenvalue weighted by atomic mass is 16.5. The van der Waals surface area contributed by atoms with E-state index in [4.69, 9.17) is 4.74 Å². The van der Waals surface area contributed by atoms with Gasteiger partial charge in [-0.25, -0.2) is 0 Å². The van der Waals surface area contributed by atoms with Crippen LogP contribution in [0.25, 0.3) is 0 Å². The molecule has 3 aliphatic rings. The maximum absolute atomic E-state index is 12.9. The average Bonchev–Trinajstić information content (AvgIpc) is 3.03. The normalized spacial score (nSPS) is 27.4. The first kappa shape index (κ1) is 19.7. The zero-order chi connectivity index (χ0) is 19.7. The number of nitrogens with zero attached hydrogens (tertiary/aromatic N) is 2. The first-order chi connectivity index (χ1) is 13.6. The Hall–Kier alpha value is -1.59. The first-order valence-electron chi connectivity index (χ1n) is 11.0. The summed E-state index contributed by atoms with van der Waals surface area (Å²) in [5.41, 5.74) is 3.41. The molecule has 28 heavy (non-hydrogen) atoms. The number of carbonyl (C=O) groups is 1. The SMILES string of the molecule is CCN(CCO)C(=O)c1ccc2c(c1)C1CC(C3CCOCC3)CCC1N2C. The Balaban J connectivity index is 1.57. The summed E-state index contributed by atoms with van der Waals surface area (Å²) < 4.78 is 5.58. The van der Waals surface area contributed by atoms with Gasteiger partial charge in [0.2, 0.25) is 0 Å². The summed E-state index contributed by atoms with van der Waals surface area (Å²) in [5, 5.41) is 9.25. The number of carbonyl (C=O) groups excluding carboxylic acids is 1. The smallest absolute Gasteiger partial charge is 0.253 e. The lowest BCUT2D eigenvalue weighted by atomic mass is 9.70. The molecule has 154 valence electrons. The van der Waals surface area contributed by atoms with Gasteiger partial charge in [0.25, 0.3) is 5.91 Å². The monoisotopic (exact) mass is 386 g/mol. The lowest BCUT2D eigenvalue weighted by molar-refractivity contribution is 0.0361. The van der Waals surface area contributed by atoms with Crippen molar-refractivity contribution in [3.8, 4) is 0 Å². The number of hydrogen-bond acceptors (Lipinski definition) is 4. The largest absolute Gasteiger partial charge is 0.395 e. The molecule has 5 nitrogen and oxygen atoms in total. The van der Waals surface area contributed by atoms with Gasteiger partial charge in [0.15, 0.2) is 0 Å². The van der Waals surface area contributed by atoms with E-state index in [1.165, 1.54) is 43.4 Å². The van der Waals surface area contributed by atoms with Gasteiger partial charge in [-0.2, -0.15) is 0 Å². The molecule has 1 amide bonds. The quantitative estimate of drug-likeness (QED) is 0.844. The lowest BCUT2D eigenvalue weighted by Crippen LogP contribution is -2.37. The summed E-state index contributed by atoms with van der Waals surface area (Å²) in [6, 6.07) is 6.81. The van der Waals surface area contributed by atoms with Crippen molar-refractivity contribution >= 4 is 11.6 Å². The van der Waals surface area contributed by atoms with Crippen molar-refractivity contribution in [3.05, 3.63) is 29.3 Å². The Labute approximate surface area is 168 Å². The lowest BCUT2D eigenvalue weighted by Gasteiger charge is -2.40. The van der Waals surface area contributed by atoms with Crippen LogP contribution < -0.4 is 4.90 Å². The number of likely N-dealkylation sites (N-methyl/N-ethyl adjacent to an activating group) is 2. The molecule has 2 aliphatic heterocycles. The van der Waals surface area contributed by atoms with Crippen LogP contribution in [-0.2, 0) is 4.74 Å². The van der Waals surface area contributed by atoms with Crippen LogP contribution in [0.3, 0.4) is 0 Å². The van der Waals surface area contributed by atoms with E-state index < -0.39 is 0 Å². The number of hydrogen-bond donors (Lipinski definition) is 1. The molecule has 3 atom stereocenters. The molecule has 0 aromatic heterocycles. The van der Waals surface area contributed by atoms with E-state index in [0.29, 0.717) is 25.0 Å². The Morgan fingerprint density at radius 3 is 2.71 bits per heavy atom. The Bertz CT molecular complexity index is 701. The molecular weight excluding hydrogens is 352 g/mol. The Kier molecular flexibility index (Phi) is 5.93. The zero-order valence-corrected chi connectivity index (χ0v) is 17.3. The van der Waals surface area contributed by atoms with Crippen LogP contribution in [0.1, 0.15) is 60.9 Å². The third-order valence-electron chi connectivity index (χ3n) is 7.38.